The molecule has 0 aromatic heterocycles. The van der Waals surface area contributed by atoms with Crippen molar-refractivity contribution >= 4 is 31.8 Å². The normalized spacial score (nSPS) is 14.7. The number of halogens is 1. The van der Waals surface area contributed by atoms with Crippen LogP contribution in [0.4, 0.5) is 4.39 Å². The summed E-state index contributed by atoms with van der Waals surface area (Å²) in [6, 6.07) is 4.94. The number of hydrogen-bond donors (Lipinski definition) is 1. The topological polar surface area (TPSA) is 12.0 Å². The van der Waals surface area contributed by atoms with Crippen molar-refractivity contribution in [2.24, 2.45) is 0 Å². The molecule has 0 spiro atoms. The van der Waals surface area contributed by atoms with Crippen LogP contribution in [0.1, 0.15) is 11.1 Å². The van der Waals surface area contributed by atoms with Gasteiger partial charge in [0.1, 0.15) is 0 Å². The van der Waals surface area contributed by atoms with E-state index >= 15 is 0 Å². The van der Waals surface area contributed by atoms with Gasteiger partial charge in [-0.15, -0.1) is 0 Å². The van der Waals surface area contributed by atoms with E-state index in [0.29, 0.717) is 0 Å². The summed E-state index contributed by atoms with van der Waals surface area (Å²) < 4.78 is 14.0. The van der Waals surface area contributed by atoms with Gasteiger partial charge in [0.25, 0.3) is 0 Å². The van der Waals surface area contributed by atoms with Gasteiger partial charge in [0.15, 0.2) is 0 Å². The Hall–Kier alpha value is -0.388. The van der Waals surface area contributed by atoms with E-state index in [1.165, 1.54) is 9.32 Å². The molecule has 0 saturated heterocycles. The first-order valence-corrected chi connectivity index (χ1v) is 5.66. The SMILES string of the molecule is Fc1ccc2c(c1)CN[C]([Pb])=C2. The Morgan fingerprint density at radius 1 is 1.42 bits per heavy atom. The molecule has 2 rings (SSSR count). The summed E-state index contributed by atoms with van der Waals surface area (Å²) in [5.41, 5.74) is 2.20. The molecule has 0 fully saturated rings. The molecule has 0 unspecified atom stereocenters. The first kappa shape index (κ1) is 8.22. The predicted octanol–water partition coefficient (Wildman–Crippen LogP) is 1.40. The zero-order valence-electron chi connectivity index (χ0n) is 6.39. The van der Waals surface area contributed by atoms with Crippen molar-refractivity contribution in [3.8, 4) is 0 Å². The van der Waals surface area contributed by atoms with Gasteiger partial charge >= 0.3 is 86.5 Å². The van der Waals surface area contributed by atoms with Crippen molar-refractivity contribution < 1.29 is 4.39 Å². The van der Waals surface area contributed by atoms with Crippen LogP contribution in [0.2, 0.25) is 0 Å². The molecule has 0 amide bonds. The molecule has 1 nitrogen and oxygen atoms in total. The van der Waals surface area contributed by atoms with Crippen LogP contribution in [0, 0.1) is 5.82 Å². The number of rotatable bonds is 0. The zero-order valence-corrected chi connectivity index (χ0v) is 10.3. The molecular formula is C9H7FNPb. The van der Waals surface area contributed by atoms with Gasteiger partial charge < -0.3 is 0 Å². The third-order valence-corrected chi connectivity index (χ3v) is 3.12. The minimum atomic E-state index is -0.152. The third-order valence-electron chi connectivity index (χ3n) is 1.87. The molecule has 0 atom stereocenters. The molecular weight excluding hydrogens is 348 g/mol. The van der Waals surface area contributed by atoms with Crippen LogP contribution in [0.15, 0.2) is 21.5 Å². The van der Waals surface area contributed by atoms with Crippen LogP contribution >= 0.6 is 0 Å². The van der Waals surface area contributed by atoms with Crippen molar-refractivity contribution in [2.45, 2.75) is 6.54 Å². The molecule has 0 bridgehead atoms. The predicted molar refractivity (Wildman–Crippen MR) is 47.0 cm³/mol. The molecule has 1 aromatic carbocycles. The summed E-state index contributed by atoms with van der Waals surface area (Å²) in [6.07, 6.45) is 2.09. The minimum absolute atomic E-state index is 0.152. The molecule has 0 aliphatic carbocycles. The van der Waals surface area contributed by atoms with Crippen LogP contribution in [-0.4, -0.2) is 25.8 Å². The molecule has 1 N–H and O–H groups in total. The molecule has 1 aromatic rings. The number of fused-ring (bicyclic) bond motifs is 1. The van der Waals surface area contributed by atoms with Gasteiger partial charge in [-0.3, -0.25) is 0 Å². The summed E-state index contributed by atoms with van der Waals surface area (Å²) in [5, 5.41) is 3.22. The summed E-state index contributed by atoms with van der Waals surface area (Å²) in [6.45, 7) is 0.766. The number of benzene rings is 1. The van der Waals surface area contributed by atoms with E-state index in [9.17, 15) is 4.39 Å². The summed E-state index contributed by atoms with van der Waals surface area (Å²) in [5.74, 6) is -0.152. The quantitative estimate of drug-likeness (QED) is 0.694. The second-order valence-corrected chi connectivity index (χ2v) is 4.85. The van der Waals surface area contributed by atoms with E-state index in [2.05, 4.69) is 11.4 Å². The molecule has 1 aliphatic heterocycles. The maximum atomic E-state index is 12.8. The fourth-order valence-corrected chi connectivity index (χ4v) is 2.21. The van der Waals surface area contributed by atoms with E-state index in [0.717, 1.165) is 43.4 Å². The molecule has 12 heavy (non-hydrogen) atoms. The van der Waals surface area contributed by atoms with E-state index in [-0.39, 0.29) is 5.82 Å². The average Bonchev–Trinajstić information content (AvgIpc) is 2.05. The first-order valence-electron chi connectivity index (χ1n) is 3.71. The average molecular weight is 355 g/mol. The Morgan fingerprint density at radius 2 is 2.25 bits per heavy atom. The van der Waals surface area contributed by atoms with Gasteiger partial charge in [-0.05, 0) is 0 Å². The van der Waals surface area contributed by atoms with E-state index in [4.69, 9.17) is 0 Å². The molecule has 1 heterocycles. The molecule has 3 heteroatoms. The van der Waals surface area contributed by atoms with Crippen molar-refractivity contribution in [3.63, 3.8) is 0 Å². The molecule has 1 aliphatic rings. The number of nitrogens with one attached hydrogen (secondary N) is 1. The van der Waals surface area contributed by atoms with Gasteiger partial charge in [0.05, 0.1) is 0 Å². The van der Waals surface area contributed by atoms with Crippen LogP contribution < -0.4 is 5.32 Å². The van der Waals surface area contributed by atoms with Gasteiger partial charge in [-0.25, -0.2) is 0 Å². The van der Waals surface area contributed by atoms with Gasteiger partial charge in [0, 0.05) is 0 Å². The standard InChI is InChI=1S/C9H7FN.Pb/c10-9-2-1-7-3-4-11-6-8(7)5-9;/h1-3,5,11H,6H2;. The van der Waals surface area contributed by atoms with E-state index in [1.54, 1.807) is 6.07 Å². The Kier molecular flexibility index (Phi) is 2.17. The second kappa shape index (κ2) is 3.16. The van der Waals surface area contributed by atoms with Crippen LogP contribution in [0.3, 0.4) is 0 Å². The molecule has 59 valence electrons. The van der Waals surface area contributed by atoms with Crippen LogP contribution in [0.5, 0.6) is 0 Å². The van der Waals surface area contributed by atoms with Gasteiger partial charge in [0.2, 0.25) is 0 Å². The molecule has 0 saturated carbocycles. The maximum absolute atomic E-state index is 12.8. The third kappa shape index (κ3) is 1.53. The number of hydrogen-bond acceptors (Lipinski definition) is 1. The Labute approximate surface area is 86.4 Å². The Bertz CT molecular complexity index is 346. The zero-order chi connectivity index (χ0) is 8.55. The summed E-state index contributed by atoms with van der Waals surface area (Å²) in [7, 11) is 0. The van der Waals surface area contributed by atoms with Gasteiger partial charge in [-0.1, -0.05) is 0 Å². The van der Waals surface area contributed by atoms with Crippen molar-refractivity contribution in [2.75, 3.05) is 0 Å². The Balaban J connectivity index is 2.51. The van der Waals surface area contributed by atoms with Crippen molar-refractivity contribution in [1.82, 2.24) is 5.32 Å². The fourth-order valence-electron chi connectivity index (χ4n) is 1.27. The van der Waals surface area contributed by atoms with E-state index in [1.807, 2.05) is 6.07 Å². The second-order valence-electron chi connectivity index (χ2n) is 2.75. The molecule has 3 radical (unpaired) electrons. The van der Waals surface area contributed by atoms with Crippen molar-refractivity contribution in [3.05, 3.63) is 38.4 Å². The monoisotopic (exact) mass is 356 g/mol. The van der Waals surface area contributed by atoms with Crippen molar-refractivity contribution in [1.29, 1.82) is 0 Å². The summed E-state index contributed by atoms with van der Waals surface area (Å²) in [4.78, 5) is 0. The van der Waals surface area contributed by atoms with Crippen LogP contribution in [0.25, 0.3) is 6.08 Å². The van der Waals surface area contributed by atoms with Gasteiger partial charge in [-0.2, -0.15) is 0 Å². The fraction of sp³-hybridized carbons (Fsp3) is 0.111. The summed E-state index contributed by atoms with van der Waals surface area (Å²) >= 11 is 1.02. The first-order chi connectivity index (χ1) is 5.75. The van der Waals surface area contributed by atoms with Crippen LogP contribution in [-0.2, 0) is 6.54 Å². The van der Waals surface area contributed by atoms with E-state index < -0.39 is 0 Å². The Morgan fingerprint density at radius 3 is 3.08 bits per heavy atom.